The lowest BCUT2D eigenvalue weighted by atomic mass is 10.0. The summed E-state index contributed by atoms with van der Waals surface area (Å²) in [6.45, 7) is 4.35. The number of aromatic amines is 1. The second kappa shape index (κ2) is 10.3. The van der Waals surface area contributed by atoms with Crippen molar-refractivity contribution in [3.05, 3.63) is 29.8 Å². The number of nitrogens with zero attached hydrogens (tertiary/aromatic N) is 4. The molecule has 8 nitrogen and oxygen atoms in total. The van der Waals surface area contributed by atoms with E-state index < -0.39 is 6.61 Å². The number of aryl methyl sites for hydroxylation is 1. The summed E-state index contributed by atoms with van der Waals surface area (Å²) in [6, 6.07) is 5.64. The lowest BCUT2D eigenvalue weighted by Gasteiger charge is -2.45. The number of hydrogen-bond donors (Lipinski definition) is 1. The van der Waals surface area contributed by atoms with Crippen LogP contribution in [0.3, 0.4) is 0 Å². The van der Waals surface area contributed by atoms with E-state index in [-0.39, 0.29) is 17.6 Å². The van der Waals surface area contributed by atoms with Crippen molar-refractivity contribution < 1.29 is 23.0 Å². The summed E-state index contributed by atoms with van der Waals surface area (Å²) < 4.78 is 42.9. The number of aromatic nitrogens is 3. The number of ether oxygens (including phenoxy) is 3. The van der Waals surface area contributed by atoms with E-state index in [0.717, 1.165) is 75.5 Å². The molecular weight excluding hydrogens is 456 g/mol. The molecule has 2 aromatic rings. The number of rotatable bonds is 10. The molecule has 1 aromatic heterocycles. The molecule has 0 spiro atoms. The van der Waals surface area contributed by atoms with Crippen molar-refractivity contribution in [2.75, 3.05) is 31.1 Å². The molecule has 1 unspecified atom stereocenters. The van der Waals surface area contributed by atoms with Crippen LogP contribution in [0.4, 0.5) is 14.5 Å². The van der Waals surface area contributed by atoms with Gasteiger partial charge in [-0.25, -0.2) is 4.98 Å². The van der Waals surface area contributed by atoms with Crippen LogP contribution in [-0.4, -0.2) is 70.8 Å². The van der Waals surface area contributed by atoms with Crippen LogP contribution in [0, 0.1) is 6.92 Å². The second-order valence-corrected chi connectivity index (χ2v) is 9.86. The van der Waals surface area contributed by atoms with Gasteiger partial charge in [-0.05, 0) is 51.2 Å². The largest absolute Gasteiger partial charge is 0.486 e. The van der Waals surface area contributed by atoms with Gasteiger partial charge in [0.1, 0.15) is 5.82 Å². The third-order valence-electron chi connectivity index (χ3n) is 7.29. The Morgan fingerprint density at radius 2 is 2.03 bits per heavy atom. The molecule has 5 rings (SSSR count). The molecule has 1 saturated carbocycles. The molecule has 2 atom stereocenters. The molecule has 0 bridgehead atoms. The summed E-state index contributed by atoms with van der Waals surface area (Å²) in [5, 5.41) is 7.24. The van der Waals surface area contributed by atoms with Crippen molar-refractivity contribution >= 4 is 5.69 Å². The highest BCUT2D eigenvalue weighted by atomic mass is 19.3. The van der Waals surface area contributed by atoms with Gasteiger partial charge in [0.05, 0.1) is 19.1 Å². The smallest absolute Gasteiger partial charge is 0.387 e. The molecule has 2 saturated heterocycles. The van der Waals surface area contributed by atoms with Crippen molar-refractivity contribution in [1.82, 2.24) is 20.1 Å². The van der Waals surface area contributed by atoms with Crippen LogP contribution in [-0.2, 0) is 11.2 Å². The molecule has 0 amide bonds. The van der Waals surface area contributed by atoms with Gasteiger partial charge in [0.15, 0.2) is 23.0 Å². The van der Waals surface area contributed by atoms with Crippen LogP contribution in [0.2, 0.25) is 0 Å². The van der Waals surface area contributed by atoms with Gasteiger partial charge in [-0.3, -0.25) is 10.00 Å². The SMILES string of the molecule is CCC[C@H]1CN(c2ccc(OC(F)F)c(OC3CCCC3)c2)CCN1C1(Cc2n[nH]c(C)n2)CO1. The lowest BCUT2D eigenvalue weighted by Crippen LogP contribution is -2.58. The Bertz CT molecular complexity index is 993. The van der Waals surface area contributed by atoms with E-state index in [9.17, 15) is 8.78 Å². The number of H-pyrrole nitrogens is 1. The molecular formula is C25H35F2N5O3. The molecule has 0 radical (unpaired) electrons. The standard InChI is InChI=1S/C25H35F2N5O3/c1-3-6-19-15-31(11-12-32(19)25(16-33-25)14-23-28-17(2)29-30-23)18-9-10-21(35-24(26)27)22(13-18)34-20-7-4-5-8-20/h9-10,13,19-20,24H,3-8,11-12,14-16H2,1-2H3,(H,28,29,30)/t19-,25?/m0/s1. The van der Waals surface area contributed by atoms with Gasteiger partial charge in [-0.2, -0.15) is 13.9 Å². The average molecular weight is 492 g/mol. The number of alkyl halides is 2. The number of anilines is 1. The Morgan fingerprint density at radius 1 is 1.23 bits per heavy atom. The van der Waals surface area contributed by atoms with Crippen molar-refractivity contribution in [2.24, 2.45) is 0 Å². The minimum atomic E-state index is -2.88. The fraction of sp³-hybridized carbons (Fsp3) is 0.680. The third kappa shape index (κ3) is 5.53. The van der Waals surface area contributed by atoms with Gasteiger partial charge in [0, 0.05) is 37.4 Å². The summed E-state index contributed by atoms with van der Waals surface area (Å²) in [4.78, 5) is 9.27. The maximum Gasteiger partial charge on any atom is 0.387 e. The molecule has 1 aromatic carbocycles. The summed E-state index contributed by atoms with van der Waals surface area (Å²) in [5.41, 5.74) is 0.627. The van der Waals surface area contributed by atoms with Crippen molar-refractivity contribution in [3.63, 3.8) is 0 Å². The van der Waals surface area contributed by atoms with Crippen LogP contribution < -0.4 is 14.4 Å². The van der Waals surface area contributed by atoms with E-state index in [4.69, 9.17) is 14.2 Å². The molecule has 192 valence electrons. The van der Waals surface area contributed by atoms with Crippen LogP contribution in [0.1, 0.15) is 57.1 Å². The highest BCUT2D eigenvalue weighted by Gasteiger charge is 2.54. The zero-order valence-corrected chi connectivity index (χ0v) is 20.5. The molecule has 35 heavy (non-hydrogen) atoms. The predicted octanol–water partition coefficient (Wildman–Crippen LogP) is 4.30. The van der Waals surface area contributed by atoms with E-state index in [1.165, 1.54) is 0 Å². The third-order valence-corrected chi connectivity index (χ3v) is 7.29. The summed E-state index contributed by atoms with van der Waals surface area (Å²) in [6.07, 6.45) is 6.91. The highest BCUT2D eigenvalue weighted by Crippen LogP contribution is 2.40. The first-order valence-corrected chi connectivity index (χ1v) is 12.7. The van der Waals surface area contributed by atoms with E-state index in [1.807, 2.05) is 19.1 Å². The number of hydrogen-bond acceptors (Lipinski definition) is 7. The van der Waals surface area contributed by atoms with E-state index >= 15 is 0 Å². The molecule has 1 aliphatic carbocycles. The summed E-state index contributed by atoms with van der Waals surface area (Å²) in [7, 11) is 0. The lowest BCUT2D eigenvalue weighted by molar-refractivity contribution is -0.0520. The van der Waals surface area contributed by atoms with Crippen LogP contribution in [0.25, 0.3) is 0 Å². The fourth-order valence-electron chi connectivity index (χ4n) is 5.54. The Balaban J connectivity index is 1.32. The Hall–Kier alpha value is -2.46. The normalized spacial score (nSPS) is 25.4. The topological polar surface area (TPSA) is 79.0 Å². The first-order valence-electron chi connectivity index (χ1n) is 12.7. The van der Waals surface area contributed by atoms with Crippen LogP contribution in [0.15, 0.2) is 18.2 Å². The van der Waals surface area contributed by atoms with Crippen LogP contribution >= 0.6 is 0 Å². The zero-order valence-electron chi connectivity index (χ0n) is 20.5. The van der Waals surface area contributed by atoms with Crippen molar-refractivity contribution in [3.8, 4) is 11.5 Å². The average Bonchev–Trinajstić information content (AvgIpc) is 3.20. The maximum absolute atomic E-state index is 13.0. The number of halogens is 2. The second-order valence-electron chi connectivity index (χ2n) is 9.86. The molecule has 1 N–H and O–H groups in total. The van der Waals surface area contributed by atoms with Gasteiger partial charge in [0.25, 0.3) is 0 Å². The molecule has 3 aliphatic rings. The van der Waals surface area contributed by atoms with Crippen molar-refractivity contribution in [1.29, 1.82) is 0 Å². The van der Waals surface area contributed by atoms with E-state index in [1.54, 1.807) is 6.07 Å². The zero-order chi connectivity index (χ0) is 24.4. The Labute approximate surface area is 204 Å². The van der Waals surface area contributed by atoms with E-state index in [2.05, 4.69) is 31.9 Å². The molecule has 10 heteroatoms. The quantitative estimate of drug-likeness (QED) is 0.497. The predicted molar refractivity (Wildman–Crippen MR) is 127 cm³/mol. The number of nitrogens with one attached hydrogen (secondary N) is 1. The van der Waals surface area contributed by atoms with Gasteiger partial charge < -0.3 is 19.1 Å². The molecule has 3 fully saturated rings. The number of benzene rings is 1. The molecule has 3 heterocycles. The molecule has 2 aliphatic heterocycles. The first-order chi connectivity index (χ1) is 17.0. The van der Waals surface area contributed by atoms with Gasteiger partial charge >= 0.3 is 6.61 Å². The number of piperazine rings is 1. The van der Waals surface area contributed by atoms with E-state index in [0.29, 0.717) is 24.8 Å². The van der Waals surface area contributed by atoms with Crippen molar-refractivity contribution in [2.45, 2.75) is 83.3 Å². The maximum atomic E-state index is 13.0. The number of epoxide rings is 1. The monoisotopic (exact) mass is 491 g/mol. The Kier molecular flexibility index (Phi) is 7.11. The summed E-state index contributed by atoms with van der Waals surface area (Å²) >= 11 is 0. The Morgan fingerprint density at radius 3 is 2.69 bits per heavy atom. The van der Waals surface area contributed by atoms with Gasteiger partial charge in [0.2, 0.25) is 0 Å². The fourth-order valence-corrected chi connectivity index (χ4v) is 5.54. The van der Waals surface area contributed by atoms with Gasteiger partial charge in [-0.1, -0.05) is 13.3 Å². The first kappa shape index (κ1) is 24.2. The van der Waals surface area contributed by atoms with Crippen LogP contribution in [0.5, 0.6) is 11.5 Å². The highest BCUT2D eigenvalue weighted by molar-refractivity contribution is 5.57. The minimum Gasteiger partial charge on any atom is -0.486 e. The minimum absolute atomic E-state index is 0.0566. The van der Waals surface area contributed by atoms with Gasteiger partial charge in [-0.15, -0.1) is 0 Å². The summed E-state index contributed by atoms with van der Waals surface area (Å²) in [5.74, 6) is 2.10.